The van der Waals surface area contributed by atoms with Gasteiger partial charge in [-0.05, 0) is 19.1 Å². The number of anilines is 1. The normalized spacial score (nSPS) is 10.8. The summed E-state index contributed by atoms with van der Waals surface area (Å²) >= 11 is 0. The van der Waals surface area contributed by atoms with E-state index in [1.165, 1.54) is 0 Å². The Labute approximate surface area is 120 Å². The Hall–Kier alpha value is -2.77. The highest BCUT2D eigenvalue weighted by atomic mass is 16.5. The fraction of sp³-hybridized carbons (Fsp3) is 0.308. The van der Waals surface area contributed by atoms with E-state index >= 15 is 0 Å². The molecule has 0 saturated carbocycles. The van der Waals surface area contributed by atoms with E-state index in [9.17, 15) is 0 Å². The Balaban J connectivity index is 1.91. The van der Waals surface area contributed by atoms with E-state index in [4.69, 9.17) is 9.05 Å². The third-order valence-electron chi connectivity index (χ3n) is 2.85. The van der Waals surface area contributed by atoms with E-state index in [1.54, 1.807) is 20.0 Å². The standard InChI is InChI=1S/C13H14N6O2/c1-8-15-13(21-17-8)10-5-4-6-14-12(10)19(3)7-11-16-9(2)20-18-11/h4-6H,7H2,1-3H3. The highest BCUT2D eigenvalue weighted by molar-refractivity contribution is 5.69. The fourth-order valence-corrected chi connectivity index (χ4v) is 1.97. The summed E-state index contributed by atoms with van der Waals surface area (Å²) in [4.78, 5) is 14.7. The maximum Gasteiger partial charge on any atom is 0.261 e. The third kappa shape index (κ3) is 2.73. The molecular formula is C13H14N6O2. The van der Waals surface area contributed by atoms with Gasteiger partial charge in [0, 0.05) is 20.2 Å². The van der Waals surface area contributed by atoms with Gasteiger partial charge in [0.05, 0.1) is 12.1 Å². The van der Waals surface area contributed by atoms with Gasteiger partial charge in [-0.25, -0.2) is 4.98 Å². The maximum absolute atomic E-state index is 5.22. The highest BCUT2D eigenvalue weighted by Gasteiger charge is 2.17. The largest absolute Gasteiger partial charge is 0.351 e. The Morgan fingerprint density at radius 1 is 1.14 bits per heavy atom. The van der Waals surface area contributed by atoms with Crippen molar-refractivity contribution >= 4 is 5.82 Å². The van der Waals surface area contributed by atoms with Gasteiger partial charge >= 0.3 is 0 Å². The number of rotatable bonds is 4. The highest BCUT2D eigenvalue weighted by Crippen LogP contribution is 2.27. The van der Waals surface area contributed by atoms with Crippen molar-refractivity contribution < 1.29 is 9.05 Å². The van der Waals surface area contributed by atoms with Crippen LogP contribution in [0.1, 0.15) is 17.5 Å². The fourth-order valence-electron chi connectivity index (χ4n) is 1.97. The molecule has 0 fully saturated rings. The molecule has 0 aliphatic rings. The van der Waals surface area contributed by atoms with Crippen LogP contribution in [0.5, 0.6) is 0 Å². The van der Waals surface area contributed by atoms with E-state index in [2.05, 4.69) is 25.3 Å². The van der Waals surface area contributed by atoms with Crippen LogP contribution >= 0.6 is 0 Å². The zero-order valence-corrected chi connectivity index (χ0v) is 11.9. The summed E-state index contributed by atoms with van der Waals surface area (Å²) < 4.78 is 10.2. The molecule has 0 aromatic carbocycles. The molecule has 3 heterocycles. The van der Waals surface area contributed by atoms with Crippen molar-refractivity contribution in [3.8, 4) is 11.5 Å². The predicted molar refractivity (Wildman–Crippen MR) is 73.4 cm³/mol. The molecule has 8 nitrogen and oxygen atoms in total. The molecule has 21 heavy (non-hydrogen) atoms. The Kier molecular flexibility index (Phi) is 3.35. The average molecular weight is 286 g/mol. The van der Waals surface area contributed by atoms with Crippen LogP contribution in [0.2, 0.25) is 0 Å². The first kappa shape index (κ1) is 13.2. The number of nitrogens with zero attached hydrogens (tertiary/aromatic N) is 6. The summed E-state index contributed by atoms with van der Waals surface area (Å²) in [6, 6.07) is 3.71. The summed E-state index contributed by atoms with van der Waals surface area (Å²) in [6.07, 6.45) is 1.71. The molecular weight excluding hydrogens is 272 g/mol. The summed E-state index contributed by atoms with van der Waals surface area (Å²) in [6.45, 7) is 3.99. The van der Waals surface area contributed by atoms with E-state index in [-0.39, 0.29) is 0 Å². The molecule has 0 unspecified atom stereocenters. The first-order chi connectivity index (χ1) is 10.1. The van der Waals surface area contributed by atoms with Crippen molar-refractivity contribution in [2.75, 3.05) is 11.9 Å². The molecule has 0 radical (unpaired) electrons. The van der Waals surface area contributed by atoms with Gasteiger partial charge in [-0.1, -0.05) is 10.3 Å². The monoisotopic (exact) mass is 286 g/mol. The summed E-state index contributed by atoms with van der Waals surface area (Å²) in [7, 11) is 1.89. The number of aromatic nitrogens is 5. The first-order valence-electron chi connectivity index (χ1n) is 6.39. The van der Waals surface area contributed by atoms with E-state index in [1.807, 2.05) is 24.1 Å². The molecule has 0 N–H and O–H groups in total. The van der Waals surface area contributed by atoms with E-state index < -0.39 is 0 Å². The number of hydrogen-bond donors (Lipinski definition) is 0. The van der Waals surface area contributed by atoms with Gasteiger partial charge in [0.15, 0.2) is 11.6 Å². The van der Waals surface area contributed by atoms with Gasteiger partial charge in [0.1, 0.15) is 5.82 Å². The lowest BCUT2D eigenvalue weighted by molar-refractivity contribution is 0.387. The number of hydrogen-bond acceptors (Lipinski definition) is 8. The van der Waals surface area contributed by atoms with Gasteiger partial charge < -0.3 is 13.9 Å². The molecule has 8 heteroatoms. The minimum atomic E-state index is 0.437. The van der Waals surface area contributed by atoms with Crippen molar-refractivity contribution in [2.45, 2.75) is 20.4 Å². The number of pyridine rings is 1. The molecule has 0 bridgehead atoms. The summed E-state index contributed by atoms with van der Waals surface area (Å²) in [5.41, 5.74) is 0.765. The molecule has 0 saturated heterocycles. The van der Waals surface area contributed by atoms with Crippen LogP contribution in [-0.2, 0) is 6.54 Å². The summed E-state index contributed by atoms with van der Waals surface area (Å²) in [5, 5.41) is 7.69. The van der Waals surface area contributed by atoms with Crippen LogP contribution in [0.4, 0.5) is 5.82 Å². The van der Waals surface area contributed by atoms with Crippen LogP contribution in [0.25, 0.3) is 11.5 Å². The minimum absolute atomic E-state index is 0.437. The number of aryl methyl sites for hydroxylation is 2. The topological polar surface area (TPSA) is 94.0 Å². The molecule has 3 rings (SSSR count). The predicted octanol–water partition coefficient (Wildman–Crippen LogP) is 1.77. The first-order valence-corrected chi connectivity index (χ1v) is 6.39. The zero-order chi connectivity index (χ0) is 14.8. The van der Waals surface area contributed by atoms with Crippen molar-refractivity contribution in [1.29, 1.82) is 0 Å². The van der Waals surface area contributed by atoms with E-state index in [0.717, 1.165) is 5.56 Å². The van der Waals surface area contributed by atoms with Crippen molar-refractivity contribution in [3.05, 3.63) is 35.9 Å². The quantitative estimate of drug-likeness (QED) is 0.716. The third-order valence-corrected chi connectivity index (χ3v) is 2.85. The second-order valence-corrected chi connectivity index (χ2v) is 4.61. The molecule has 3 aromatic rings. The van der Waals surface area contributed by atoms with Gasteiger partial charge in [-0.3, -0.25) is 0 Å². The maximum atomic E-state index is 5.22. The van der Waals surface area contributed by atoms with Crippen LogP contribution in [0, 0.1) is 13.8 Å². The summed E-state index contributed by atoms with van der Waals surface area (Å²) in [5.74, 6) is 2.85. The van der Waals surface area contributed by atoms with Crippen LogP contribution in [-0.4, -0.2) is 32.3 Å². The van der Waals surface area contributed by atoms with Gasteiger partial charge in [-0.15, -0.1) is 0 Å². The average Bonchev–Trinajstić information content (AvgIpc) is 3.07. The second kappa shape index (κ2) is 5.31. The van der Waals surface area contributed by atoms with Gasteiger partial charge in [-0.2, -0.15) is 9.97 Å². The van der Waals surface area contributed by atoms with Crippen molar-refractivity contribution in [1.82, 2.24) is 25.3 Å². The van der Waals surface area contributed by atoms with Crippen molar-refractivity contribution in [2.24, 2.45) is 0 Å². The lowest BCUT2D eigenvalue weighted by Gasteiger charge is -2.17. The van der Waals surface area contributed by atoms with E-state index in [0.29, 0.717) is 35.8 Å². The molecule has 0 atom stereocenters. The van der Waals surface area contributed by atoms with Gasteiger partial charge in [0.25, 0.3) is 5.89 Å². The molecule has 0 spiro atoms. The molecule has 108 valence electrons. The van der Waals surface area contributed by atoms with Crippen molar-refractivity contribution in [3.63, 3.8) is 0 Å². The Bertz CT molecular complexity index is 750. The molecule has 3 aromatic heterocycles. The Morgan fingerprint density at radius 3 is 2.67 bits per heavy atom. The zero-order valence-electron chi connectivity index (χ0n) is 11.9. The smallest absolute Gasteiger partial charge is 0.261 e. The van der Waals surface area contributed by atoms with Gasteiger partial charge in [0.2, 0.25) is 5.89 Å². The van der Waals surface area contributed by atoms with Crippen LogP contribution in [0.3, 0.4) is 0 Å². The molecule has 0 aliphatic heterocycles. The molecule has 0 amide bonds. The lowest BCUT2D eigenvalue weighted by atomic mass is 10.2. The van der Waals surface area contributed by atoms with Crippen LogP contribution in [0.15, 0.2) is 27.4 Å². The SMILES string of the molecule is Cc1noc(-c2cccnc2N(C)Cc2noc(C)n2)n1. The Morgan fingerprint density at radius 2 is 2.00 bits per heavy atom. The lowest BCUT2D eigenvalue weighted by Crippen LogP contribution is -2.19. The molecule has 0 aliphatic carbocycles. The van der Waals surface area contributed by atoms with Crippen LogP contribution < -0.4 is 4.90 Å². The second-order valence-electron chi connectivity index (χ2n) is 4.61. The minimum Gasteiger partial charge on any atom is -0.351 e.